The van der Waals surface area contributed by atoms with Crippen molar-refractivity contribution in [2.24, 2.45) is 0 Å². The SMILES string of the molecule is CC(=O)c1ccccc1NC(=O)CN1CCC(c2nc3ccccc3o2)CC1. The van der Waals surface area contributed by atoms with Crippen LogP contribution < -0.4 is 5.32 Å². The van der Waals surface area contributed by atoms with E-state index >= 15 is 0 Å². The van der Waals surface area contributed by atoms with Crippen LogP contribution in [-0.2, 0) is 4.79 Å². The first-order chi connectivity index (χ1) is 13.6. The van der Waals surface area contributed by atoms with Crippen LogP contribution in [0.2, 0.25) is 0 Å². The third kappa shape index (κ3) is 3.97. The second kappa shape index (κ2) is 7.94. The quantitative estimate of drug-likeness (QED) is 0.684. The number of nitrogens with zero attached hydrogens (tertiary/aromatic N) is 2. The average Bonchev–Trinajstić information content (AvgIpc) is 3.13. The highest BCUT2D eigenvalue weighted by Crippen LogP contribution is 2.29. The fourth-order valence-corrected chi connectivity index (χ4v) is 3.69. The molecule has 144 valence electrons. The predicted octanol–water partition coefficient (Wildman–Crippen LogP) is 3.85. The summed E-state index contributed by atoms with van der Waals surface area (Å²) in [5.41, 5.74) is 2.82. The van der Waals surface area contributed by atoms with Crippen LogP contribution in [0.15, 0.2) is 52.9 Å². The van der Waals surface area contributed by atoms with Gasteiger partial charge >= 0.3 is 0 Å². The number of anilines is 1. The number of carbonyl (C=O) groups is 2. The average molecular weight is 377 g/mol. The number of hydrogen-bond donors (Lipinski definition) is 1. The Bertz CT molecular complexity index is 970. The maximum Gasteiger partial charge on any atom is 0.238 e. The van der Waals surface area contributed by atoms with Gasteiger partial charge in [0.25, 0.3) is 0 Å². The monoisotopic (exact) mass is 377 g/mol. The smallest absolute Gasteiger partial charge is 0.238 e. The first kappa shape index (κ1) is 18.4. The van der Waals surface area contributed by atoms with E-state index < -0.39 is 0 Å². The second-order valence-electron chi connectivity index (χ2n) is 7.22. The molecule has 0 aliphatic carbocycles. The van der Waals surface area contributed by atoms with Crippen molar-refractivity contribution in [1.82, 2.24) is 9.88 Å². The Morgan fingerprint density at radius 3 is 2.57 bits per heavy atom. The van der Waals surface area contributed by atoms with Gasteiger partial charge in [-0.1, -0.05) is 24.3 Å². The normalized spacial score (nSPS) is 15.6. The lowest BCUT2D eigenvalue weighted by Gasteiger charge is -2.29. The summed E-state index contributed by atoms with van der Waals surface area (Å²) in [7, 11) is 0. The lowest BCUT2D eigenvalue weighted by Crippen LogP contribution is -2.38. The van der Waals surface area contributed by atoms with Gasteiger partial charge in [0.05, 0.1) is 12.2 Å². The number of fused-ring (bicyclic) bond motifs is 1. The van der Waals surface area contributed by atoms with Crippen LogP contribution in [0.3, 0.4) is 0 Å². The number of benzene rings is 2. The number of piperidine rings is 1. The summed E-state index contributed by atoms with van der Waals surface area (Å²) < 4.78 is 5.90. The minimum Gasteiger partial charge on any atom is -0.440 e. The molecule has 0 bridgehead atoms. The zero-order valence-corrected chi connectivity index (χ0v) is 15.9. The molecule has 28 heavy (non-hydrogen) atoms. The number of aromatic nitrogens is 1. The third-order valence-corrected chi connectivity index (χ3v) is 5.19. The van der Waals surface area contributed by atoms with E-state index in [0.29, 0.717) is 17.8 Å². The maximum atomic E-state index is 12.4. The number of Topliss-reactive ketones (excluding diaryl/α,β-unsaturated/α-hetero) is 1. The molecule has 2 aromatic carbocycles. The molecule has 0 radical (unpaired) electrons. The molecule has 2 heterocycles. The van der Waals surface area contributed by atoms with E-state index in [-0.39, 0.29) is 17.6 Å². The number of ketones is 1. The molecule has 0 unspecified atom stereocenters. The number of amides is 1. The first-order valence-electron chi connectivity index (χ1n) is 9.58. The zero-order valence-electron chi connectivity index (χ0n) is 15.9. The number of hydrogen-bond acceptors (Lipinski definition) is 5. The van der Waals surface area contributed by atoms with Gasteiger partial charge in [-0.25, -0.2) is 4.98 Å². The van der Waals surface area contributed by atoms with E-state index in [2.05, 4.69) is 15.2 Å². The highest BCUT2D eigenvalue weighted by atomic mass is 16.3. The van der Waals surface area contributed by atoms with Crippen molar-refractivity contribution in [3.8, 4) is 0 Å². The van der Waals surface area contributed by atoms with E-state index in [1.54, 1.807) is 18.2 Å². The highest BCUT2D eigenvalue weighted by molar-refractivity contribution is 6.04. The van der Waals surface area contributed by atoms with Gasteiger partial charge in [-0.2, -0.15) is 0 Å². The molecule has 1 amide bonds. The van der Waals surface area contributed by atoms with Crippen molar-refractivity contribution in [1.29, 1.82) is 0 Å². The molecule has 6 heteroatoms. The van der Waals surface area contributed by atoms with Crippen LogP contribution >= 0.6 is 0 Å². The minimum atomic E-state index is -0.103. The molecule has 1 aromatic heterocycles. The van der Waals surface area contributed by atoms with E-state index in [1.165, 1.54) is 6.92 Å². The molecular weight excluding hydrogens is 354 g/mol. The van der Waals surface area contributed by atoms with Crippen LogP contribution in [0.5, 0.6) is 0 Å². The molecule has 6 nitrogen and oxygen atoms in total. The second-order valence-corrected chi connectivity index (χ2v) is 7.22. The highest BCUT2D eigenvalue weighted by Gasteiger charge is 2.25. The Kier molecular flexibility index (Phi) is 5.21. The van der Waals surface area contributed by atoms with Gasteiger partial charge in [-0.3, -0.25) is 14.5 Å². The topological polar surface area (TPSA) is 75.4 Å². The lowest BCUT2D eigenvalue weighted by molar-refractivity contribution is -0.117. The van der Waals surface area contributed by atoms with Gasteiger partial charge < -0.3 is 9.73 Å². The summed E-state index contributed by atoms with van der Waals surface area (Å²) >= 11 is 0. The molecule has 4 rings (SSSR count). The van der Waals surface area contributed by atoms with Gasteiger partial charge in [0.15, 0.2) is 17.3 Å². The summed E-state index contributed by atoms with van der Waals surface area (Å²) in [6.45, 7) is 3.44. The molecule has 0 saturated carbocycles. The molecule has 1 aliphatic rings. The molecule has 3 aromatic rings. The van der Waals surface area contributed by atoms with Crippen molar-refractivity contribution >= 4 is 28.5 Å². The summed E-state index contributed by atoms with van der Waals surface area (Å²) in [6.07, 6.45) is 1.81. The van der Waals surface area contributed by atoms with Crippen LogP contribution in [0, 0.1) is 0 Å². The van der Waals surface area contributed by atoms with Gasteiger partial charge in [-0.15, -0.1) is 0 Å². The van der Waals surface area contributed by atoms with E-state index in [1.807, 2.05) is 30.3 Å². The van der Waals surface area contributed by atoms with Crippen molar-refractivity contribution in [3.05, 3.63) is 60.0 Å². The Labute approximate surface area is 163 Å². The van der Waals surface area contributed by atoms with Gasteiger partial charge in [-0.05, 0) is 57.1 Å². The van der Waals surface area contributed by atoms with E-state index in [4.69, 9.17) is 4.42 Å². The molecular formula is C22H23N3O3. The van der Waals surface area contributed by atoms with Crippen molar-refractivity contribution in [2.75, 3.05) is 25.0 Å². The van der Waals surface area contributed by atoms with Crippen molar-refractivity contribution < 1.29 is 14.0 Å². The Morgan fingerprint density at radius 2 is 1.82 bits per heavy atom. The zero-order chi connectivity index (χ0) is 19.5. The number of oxazole rings is 1. The summed E-state index contributed by atoms with van der Waals surface area (Å²) in [6, 6.07) is 14.9. The number of rotatable bonds is 5. The molecule has 1 fully saturated rings. The van der Waals surface area contributed by atoms with Crippen LogP contribution in [0.1, 0.15) is 41.9 Å². The predicted molar refractivity (Wildman–Crippen MR) is 108 cm³/mol. The Morgan fingerprint density at radius 1 is 1.11 bits per heavy atom. The van der Waals surface area contributed by atoms with Crippen molar-refractivity contribution in [3.63, 3.8) is 0 Å². The molecule has 1 N–H and O–H groups in total. The number of carbonyl (C=O) groups excluding carboxylic acids is 2. The molecule has 0 spiro atoms. The molecule has 0 atom stereocenters. The summed E-state index contributed by atoms with van der Waals surface area (Å²) in [5, 5.41) is 2.87. The van der Waals surface area contributed by atoms with Gasteiger partial charge in [0.2, 0.25) is 5.91 Å². The molecule has 1 saturated heterocycles. The van der Waals surface area contributed by atoms with Gasteiger partial charge in [0, 0.05) is 11.5 Å². The summed E-state index contributed by atoms with van der Waals surface area (Å²) in [4.78, 5) is 30.9. The van der Waals surface area contributed by atoms with Crippen molar-refractivity contribution in [2.45, 2.75) is 25.7 Å². The lowest BCUT2D eigenvalue weighted by atomic mass is 9.97. The fourth-order valence-electron chi connectivity index (χ4n) is 3.69. The van der Waals surface area contributed by atoms with E-state index in [0.717, 1.165) is 42.9 Å². The standard InChI is InChI=1S/C22H23N3O3/c1-15(26)17-6-2-3-7-18(17)23-21(27)14-25-12-10-16(11-13-25)22-24-19-8-4-5-9-20(19)28-22/h2-9,16H,10-14H2,1H3,(H,23,27). The van der Waals surface area contributed by atoms with Crippen LogP contribution in [0.4, 0.5) is 5.69 Å². The number of nitrogens with one attached hydrogen (secondary N) is 1. The van der Waals surface area contributed by atoms with E-state index in [9.17, 15) is 9.59 Å². The van der Waals surface area contributed by atoms with Crippen LogP contribution in [0.25, 0.3) is 11.1 Å². The minimum absolute atomic E-state index is 0.0601. The largest absolute Gasteiger partial charge is 0.440 e. The fraction of sp³-hybridized carbons (Fsp3) is 0.318. The summed E-state index contributed by atoms with van der Waals surface area (Å²) in [5.74, 6) is 0.912. The maximum absolute atomic E-state index is 12.4. The third-order valence-electron chi connectivity index (χ3n) is 5.19. The Hall–Kier alpha value is -2.99. The van der Waals surface area contributed by atoms with Gasteiger partial charge in [0.1, 0.15) is 5.52 Å². The number of likely N-dealkylation sites (tertiary alicyclic amines) is 1. The first-order valence-corrected chi connectivity index (χ1v) is 9.58. The molecule has 1 aliphatic heterocycles. The van der Waals surface area contributed by atoms with Crippen LogP contribution in [-0.4, -0.2) is 41.2 Å². The number of para-hydroxylation sites is 3. The Balaban J connectivity index is 1.33.